The zero-order chi connectivity index (χ0) is 24.8. The molecule has 9 nitrogen and oxygen atoms in total. The summed E-state index contributed by atoms with van der Waals surface area (Å²) in [5, 5.41) is 2.66. The number of halogens is 2. The molecule has 3 aromatic rings. The van der Waals surface area contributed by atoms with Crippen molar-refractivity contribution >= 4 is 40.6 Å². The highest BCUT2D eigenvalue weighted by Gasteiger charge is 2.36. The molecule has 178 valence electrons. The maximum absolute atomic E-state index is 13.7. The summed E-state index contributed by atoms with van der Waals surface area (Å²) in [7, 11) is 1.46. The molecule has 0 aliphatic rings. The monoisotopic (exact) mass is 489 g/mol. The highest BCUT2D eigenvalue weighted by Crippen LogP contribution is 2.33. The summed E-state index contributed by atoms with van der Waals surface area (Å²) in [6.07, 6.45) is 0. The van der Waals surface area contributed by atoms with Crippen molar-refractivity contribution in [3.05, 3.63) is 76.3 Å². The summed E-state index contributed by atoms with van der Waals surface area (Å²) in [6.45, 7) is 0.336. The Balaban J connectivity index is 2.16. The summed E-state index contributed by atoms with van der Waals surface area (Å²) in [6, 6.07) is 8.52. The molecule has 0 bridgehead atoms. The van der Waals surface area contributed by atoms with Crippen molar-refractivity contribution in [2.75, 3.05) is 30.9 Å². The van der Waals surface area contributed by atoms with E-state index in [2.05, 4.69) is 9.69 Å². The summed E-state index contributed by atoms with van der Waals surface area (Å²) in [5.74, 6) is -3.43. The molecular weight excluding hydrogens is 468 g/mol. The van der Waals surface area contributed by atoms with Gasteiger partial charge in [-0.05, 0) is 53.5 Å². The molecule has 0 unspecified atom stereocenters. The molecule has 3 rings (SSSR count). The van der Waals surface area contributed by atoms with Crippen molar-refractivity contribution in [1.29, 1.82) is 0 Å². The fourth-order valence-electron chi connectivity index (χ4n) is 3.16. The number of nitrogens with two attached hydrogens (primary N) is 2. The van der Waals surface area contributed by atoms with E-state index in [4.69, 9.17) is 16.2 Å². The lowest BCUT2D eigenvalue weighted by atomic mass is 10.0. The molecular formula is C22H21F2N5O4S. The standard InChI is InChI=1S/C22H21F2N5O4S/c1-33-11-10-27-21(31)18(12-2-4-13(23)5-3-12)29(15-8-6-14(24)7-9-15)22(32)19-16(25)17(20(26)30)28-34-19/h2-9,18H,10-11,25H2,1H3,(H2,26,30)(H,27,31)/t18-/m0/s1. The summed E-state index contributed by atoms with van der Waals surface area (Å²) in [5.41, 5.74) is 11.1. The molecule has 0 fully saturated rings. The van der Waals surface area contributed by atoms with Gasteiger partial charge in [0, 0.05) is 19.3 Å². The number of amides is 3. The van der Waals surface area contributed by atoms with Crippen LogP contribution in [0.2, 0.25) is 0 Å². The minimum Gasteiger partial charge on any atom is -0.395 e. The molecule has 0 spiro atoms. The number of hydrogen-bond donors (Lipinski definition) is 3. The number of nitrogen functional groups attached to an aromatic ring is 1. The minimum absolute atomic E-state index is 0.132. The van der Waals surface area contributed by atoms with Crippen molar-refractivity contribution in [1.82, 2.24) is 9.69 Å². The van der Waals surface area contributed by atoms with E-state index in [1.54, 1.807) is 0 Å². The maximum atomic E-state index is 13.7. The number of methoxy groups -OCH3 is 1. The molecule has 0 aliphatic carbocycles. The molecule has 0 saturated heterocycles. The first kappa shape index (κ1) is 24.7. The smallest absolute Gasteiger partial charge is 0.273 e. The number of nitrogens with one attached hydrogen (secondary N) is 1. The van der Waals surface area contributed by atoms with Crippen molar-refractivity contribution in [3.8, 4) is 0 Å². The predicted molar refractivity (Wildman–Crippen MR) is 122 cm³/mol. The Labute approximate surface area is 197 Å². The maximum Gasteiger partial charge on any atom is 0.273 e. The van der Waals surface area contributed by atoms with Crippen molar-refractivity contribution in [2.24, 2.45) is 5.73 Å². The number of primary amides is 1. The van der Waals surface area contributed by atoms with Crippen LogP contribution < -0.4 is 21.7 Å². The van der Waals surface area contributed by atoms with Gasteiger partial charge in [-0.3, -0.25) is 19.3 Å². The van der Waals surface area contributed by atoms with Gasteiger partial charge in [0.25, 0.3) is 11.8 Å². The van der Waals surface area contributed by atoms with E-state index in [1.807, 2.05) is 0 Å². The van der Waals surface area contributed by atoms with E-state index in [0.29, 0.717) is 11.5 Å². The van der Waals surface area contributed by atoms with Gasteiger partial charge in [0.1, 0.15) is 22.6 Å². The van der Waals surface area contributed by atoms with Gasteiger partial charge in [0.05, 0.1) is 12.3 Å². The van der Waals surface area contributed by atoms with Gasteiger partial charge in [0.15, 0.2) is 5.69 Å². The Bertz CT molecular complexity index is 1190. The summed E-state index contributed by atoms with van der Waals surface area (Å²) < 4.78 is 36.1. The van der Waals surface area contributed by atoms with Crippen LogP contribution in [-0.2, 0) is 9.53 Å². The highest BCUT2D eigenvalue weighted by atomic mass is 32.1. The van der Waals surface area contributed by atoms with E-state index < -0.39 is 35.4 Å². The third kappa shape index (κ3) is 5.35. The summed E-state index contributed by atoms with van der Waals surface area (Å²) >= 11 is 0.634. The molecule has 12 heteroatoms. The molecule has 5 N–H and O–H groups in total. The van der Waals surface area contributed by atoms with Crippen molar-refractivity contribution < 1.29 is 27.9 Å². The first-order valence-corrected chi connectivity index (χ1v) is 10.7. The van der Waals surface area contributed by atoms with Crippen LogP contribution in [0.4, 0.5) is 20.2 Å². The molecule has 1 heterocycles. The average Bonchev–Trinajstić information content (AvgIpc) is 3.20. The lowest BCUT2D eigenvalue weighted by Crippen LogP contribution is -2.44. The zero-order valence-corrected chi connectivity index (χ0v) is 18.8. The quantitative estimate of drug-likeness (QED) is 0.394. The van der Waals surface area contributed by atoms with Crippen LogP contribution in [0.25, 0.3) is 0 Å². The topological polar surface area (TPSA) is 141 Å². The van der Waals surface area contributed by atoms with Crippen LogP contribution in [0, 0.1) is 11.6 Å². The Hall–Kier alpha value is -3.90. The molecule has 1 atom stereocenters. The third-order valence-corrected chi connectivity index (χ3v) is 5.63. The number of nitrogens with zero attached hydrogens (tertiary/aromatic N) is 2. The molecule has 0 saturated carbocycles. The first-order chi connectivity index (χ1) is 16.2. The van der Waals surface area contributed by atoms with Crippen LogP contribution in [0.15, 0.2) is 48.5 Å². The van der Waals surface area contributed by atoms with Gasteiger partial charge in [0.2, 0.25) is 5.91 Å². The third-order valence-electron chi connectivity index (χ3n) is 4.78. The fraction of sp³-hybridized carbons (Fsp3) is 0.182. The van der Waals surface area contributed by atoms with E-state index >= 15 is 0 Å². The Morgan fingerprint density at radius 1 is 1.09 bits per heavy atom. The van der Waals surface area contributed by atoms with Gasteiger partial charge in [-0.1, -0.05) is 12.1 Å². The van der Waals surface area contributed by atoms with Gasteiger partial charge in [-0.25, -0.2) is 8.78 Å². The van der Waals surface area contributed by atoms with E-state index in [0.717, 1.165) is 29.2 Å². The van der Waals surface area contributed by atoms with Crippen LogP contribution in [0.3, 0.4) is 0 Å². The number of benzene rings is 2. The lowest BCUT2D eigenvalue weighted by Gasteiger charge is -2.31. The summed E-state index contributed by atoms with van der Waals surface area (Å²) in [4.78, 5) is 39.5. The Morgan fingerprint density at radius 3 is 2.21 bits per heavy atom. The van der Waals surface area contributed by atoms with Crippen molar-refractivity contribution in [2.45, 2.75) is 6.04 Å². The minimum atomic E-state index is -1.31. The first-order valence-electron chi connectivity index (χ1n) is 9.90. The van der Waals surface area contributed by atoms with E-state index in [9.17, 15) is 23.2 Å². The zero-order valence-electron chi connectivity index (χ0n) is 18.0. The fourth-order valence-corrected chi connectivity index (χ4v) is 3.90. The van der Waals surface area contributed by atoms with Gasteiger partial charge in [-0.15, -0.1) is 0 Å². The lowest BCUT2D eigenvalue weighted by molar-refractivity contribution is -0.122. The van der Waals surface area contributed by atoms with Crippen LogP contribution >= 0.6 is 11.5 Å². The Kier molecular flexibility index (Phi) is 7.87. The number of carbonyl (C=O) groups excluding carboxylic acids is 3. The Morgan fingerprint density at radius 2 is 1.68 bits per heavy atom. The van der Waals surface area contributed by atoms with Crippen LogP contribution in [0.5, 0.6) is 0 Å². The van der Waals surface area contributed by atoms with E-state index in [-0.39, 0.29) is 40.7 Å². The highest BCUT2D eigenvalue weighted by molar-refractivity contribution is 7.09. The second-order valence-corrected chi connectivity index (χ2v) is 7.80. The molecule has 0 aliphatic heterocycles. The molecule has 2 aromatic carbocycles. The number of ether oxygens (including phenoxy) is 1. The van der Waals surface area contributed by atoms with Crippen LogP contribution in [-0.4, -0.2) is 42.4 Å². The molecule has 34 heavy (non-hydrogen) atoms. The van der Waals surface area contributed by atoms with E-state index in [1.165, 1.54) is 31.4 Å². The molecule has 0 radical (unpaired) electrons. The number of hydrogen-bond acceptors (Lipinski definition) is 7. The van der Waals surface area contributed by atoms with Gasteiger partial charge >= 0.3 is 0 Å². The van der Waals surface area contributed by atoms with Crippen LogP contribution in [0.1, 0.15) is 31.8 Å². The molecule has 3 amide bonds. The number of carbonyl (C=O) groups is 3. The average molecular weight is 490 g/mol. The molecule has 1 aromatic heterocycles. The normalized spacial score (nSPS) is 11.6. The van der Waals surface area contributed by atoms with Crippen molar-refractivity contribution in [3.63, 3.8) is 0 Å². The van der Waals surface area contributed by atoms with Gasteiger partial charge in [-0.2, -0.15) is 4.37 Å². The number of anilines is 2. The second kappa shape index (κ2) is 10.8. The second-order valence-electron chi connectivity index (χ2n) is 7.03. The SMILES string of the molecule is COCCNC(=O)[C@H](c1ccc(F)cc1)N(C(=O)c1snc(C(N)=O)c1N)c1ccc(F)cc1. The number of aromatic nitrogens is 1. The van der Waals surface area contributed by atoms with Gasteiger partial charge < -0.3 is 21.5 Å². The largest absolute Gasteiger partial charge is 0.395 e. The number of rotatable bonds is 9. The predicted octanol–water partition coefficient (Wildman–Crippen LogP) is 2.25.